The number of carbonyl (C=O) groups is 1. The largest absolute Gasteiger partial charge is 0.351 e. The van der Waals surface area contributed by atoms with E-state index in [1.807, 2.05) is 6.07 Å². The van der Waals surface area contributed by atoms with Crippen LogP contribution in [0.25, 0.3) is 0 Å². The fraction of sp³-hybridized carbons (Fsp3) is 0.562. The van der Waals surface area contributed by atoms with Gasteiger partial charge in [0.15, 0.2) is 0 Å². The number of rotatable bonds is 2. The predicted molar refractivity (Wildman–Crippen MR) is 90.2 cm³/mol. The molecular formula is C16H23ClN2OS. The number of hydrogen-bond donors (Lipinski definition) is 2. The van der Waals surface area contributed by atoms with Crippen LogP contribution in [0.4, 0.5) is 0 Å². The molecule has 0 aliphatic carbocycles. The van der Waals surface area contributed by atoms with Gasteiger partial charge in [-0.25, -0.2) is 0 Å². The van der Waals surface area contributed by atoms with Gasteiger partial charge in [-0.1, -0.05) is 25.1 Å². The Morgan fingerprint density at radius 3 is 2.81 bits per heavy atom. The van der Waals surface area contributed by atoms with Crippen molar-refractivity contribution >= 4 is 30.1 Å². The van der Waals surface area contributed by atoms with Crippen molar-refractivity contribution in [1.82, 2.24) is 10.6 Å². The molecule has 21 heavy (non-hydrogen) atoms. The zero-order valence-corrected chi connectivity index (χ0v) is 14.1. The summed E-state index contributed by atoms with van der Waals surface area (Å²) in [7, 11) is 0. The highest BCUT2D eigenvalue weighted by Crippen LogP contribution is 2.37. The summed E-state index contributed by atoms with van der Waals surface area (Å²) < 4.78 is 0. The molecule has 1 fully saturated rings. The minimum atomic E-state index is 0. The van der Waals surface area contributed by atoms with Crippen LogP contribution in [0.3, 0.4) is 0 Å². The van der Waals surface area contributed by atoms with Gasteiger partial charge in [0, 0.05) is 17.0 Å². The van der Waals surface area contributed by atoms with Gasteiger partial charge in [0.25, 0.3) is 0 Å². The summed E-state index contributed by atoms with van der Waals surface area (Å²) in [5.74, 6) is 0.738. The van der Waals surface area contributed by atoms with Crippen molar-refractivity contribution in [3.63, 3.8) is 0 Å². The van der Waals surface area contributed by atoms with E-state index in [0.29, 0.717) is 12.0 Å². The summed E-state index contributed by atoms with van der Waals surface area (Å²) in [6, 6.07) is 8.94. The molecule has 3 nitrogen and oxygen atoms in total. The van der Waals surface area contributed by atoms with Gasteiger partial charge in [0.2, 0.25) is 5.91 Å². The van der Waals surface area contributed by atoms with E-state index in [-0.39, 0.29) is 29.6 Å². The summed E-state index contributed by atoms with van der Waals surface area (Å²) >= 11 is 1.70. The minimum Gasteiger partial charge on any atom is -0.351 e. The van der Waals surface area contributed by atoms with Crippen molar-refractivity contribution in [3.8, 4) is 0 Å². The number of amides is 1. The molecule has 0 bridgehead atoms. The molecule has 2 aliphatic rings. The van der Waals surface area contributed by atoms with Crippen LogP contribution in [-0.4, -0.2) is 29.8 Å². The summed E-state index contributed by atoms with van der Waals surface area (Å²) in [5, 5.41) is 6.76. The third-order valence-electron chi connectivity index (χ3n) is 4.47. The maximum absolute atomic E-state index is 12.5. The predicted octanol–water partition coefficient (Wildman–Crippen LogP) is 2.63. The van der Waals surface area contributed by atoms with E-state index in [9.17, 15) is 4.79 Å². The molecule has 1 aromatic carbocycles. The fourth-order valence-electron chi connectivity index (χ4n) is 3.19. The first-order valence-electron chi connectivity index (χ1n) is 7.43. The second-order valence-corrected chi connectivity index (χ2v) is 7.21. The molecule has 3 rings (SSSR count). The summed E-state index contributed by atoms with van der Waals surface area (Å²) in [5.41, 5.74) is 1.31. The van der Waals surface area contributed by atoms with Crippen molar-refractivity contribution in [2.24, 2.45) is 5.92 Å². The number of carbonyl (C=O) groups excluding carboxylic acids is 1. The zero-order valence-electron chi connectivity index (χ0n) is 12.5. The molecule has 5 heteroatoms. The third kappa shape index (κ3) is 3.55. The molecule has 2 N–H and O–H groups in total. The Balaban J connectivity index is 0.00000161. The molecule has 0 saturated carbocycles. The number of halogens is 1. The van der Waals surface area contributed by atoms with Crippen molar-refractivity contribution < 1.29 is 4.79 Å². The summed E-state index contributed by atoms with van der Waals surface area (Å²) in [4.78, 5) is 13.8. The lowest BCUT2D eigenvalue weighted by molar-refractivity contribution is -0.122. The quantitative estimate of drug-likeness (QED) is 0.878. The molecule has 4 unspecified atom stereocenters. The van der Waals surface area contributed by atoms with E-state index < -0.39 is 0 Å². The van der Waals surface area contributed by atoms with Crippen LogP contribution in [0.2, 0.25) is 0 Å². The van der Waals surface area contributed by atoms with Crippen LogP contribution in [0, 0.1) is 5.92 Å². The Bertz CT molecular complexity index is 476. The maximum Gasteiger partial charge on any atom is 0.234 e. The molecule has 0 aromatic heterocycles. The molecule has 2 heterocycles. The SMILES string of the molecule is CC1CCNC(C)C1NC(=O)C1Cc2ccccc2S1.Cl. The number of benzene rings is 1. The second kappa shape index (κ2) is 7.03. The molecule has 0 spiro atoms. The topological polar surface area (TPSA) is 41.1 Å². The smallest absolute Gasteiger partial charge is 0.234 e. The van der Waals surface area contributed by atoms with Crippen LogP contribution in [0.1, 0.15) is 25.8 Å². The molecule has 0 radical (unpaired) electrons. The zero-order chi connectivity index (χ0) is 14.1. The van der Waals surface area contributed by atoms with Crippen molar-refractivity contribution in [2.45, 2.75) is 48.9 Å². The Kier molecular flexibility index (Phi) is 5.58. The Morgan fingerprint density at radius 1 is 1.33 bits per heavy atom. The van der Waals surface area contributed by atoms with Gasteiger partial charge in [-0.15, -0.1) is 24.2 Å². The lowest BCUT2D eigenvalue weighted by Gasteiger charge is -2.36. The number of piperidine rings is 1. The Hall–Kier alpha value is -0.710. The fourth-order valence-corrected chi connectivity index (χ4v) is 4.40. The van der Waals surface area contributed by atoms with E-state index in [0.717, 1.165) is 19.4 Å². The van der Waals surface area contributed by atoms with Crippen LogP contribution in [0.15, 0.2) is 29.2 Å². The molecule has 116 valence electrons. The number of thioether (sulfide) groups is 1. The summed E-state index contributed by atoms with van der Waals surface area (Å²) in [6.07, 6.45) is 1.99. The molecule has 1 amide bonds. The highest BCUT2D eigenvalue weighted by atomic mass is 35.5. The lowest BCUT2D eigenvalue weighted by Crippen LogP contribution is -2.57. The van der Waals surface area contributed by atoms with Crippen molar-refractivity contribution in [3.05, 3.63) is 29.8 Å². The highest BCUT2D eigenvalue weighted by Gasteiger charge is 2.33. The first-order chi connectivity index (χ1) is 9.65. The average Bonchev–Trinajstić information content (AvgIpc) is 2.87. The first kappa shape index (κ1) is 16.7. The molecular weight excluding hydrogens is 304 g/mol. The van der Waals surface area contributed by atoms with Gasteiger partial charge in [0.1, 0.15) is 0 Å². The van der Waals surface area contributed by atoms with Gasteiger partial charge >= 0.3 is 0 Å². The van der Waals surface area contributed by atoms with Gasteiger partial charge in [-0.05, 0) is 43.9 Å². The average molecular weight is 327 g/mol. The molecule has 1 aromatic rings. The molecule has 4 atom stereocenters. The monoisotopic (exact) mass is 326 g/mol. The van der Waals surface area contributed by atoms with E-state index in [1.165, 1.54) is 10.5 Å². The Labute approximate surface area is 137 Å². The van der Waals surface area contributed by atoms with Crippen molar-refractivity contribution in [2.75, 3.05) is 6.54 Å². The van der Waals surface area contributed by atoms with Crippen LogP contribution in [0.5, 0.6) is 0 Å². The molecule has 2 aliphatic heterocycles. The maximum atomic E-state index is 12.5. The van der Waals surface area contributed by atoms with Gasteiger partial charge in [-0.2, -0.15) is 0 Å². The van der Waals surface area contributed by atoms with Crippen LogP contribution >= 0.6 is 24.2 Å². The van der Waals surface area contributed by atoms with Crippen molar-refractivity contribution in [1.29, 1.82) is 0 Å². The van der Waals surface area contributed by atoms with E-state index in [4.69, 9.17) is 0 Å². The first-order valence-corrected chi connectivity index (χ1v) is 8.31. The van der Waals surface area contributed by atoms with Crippen LogP contribution in [-0.2, 0) is 11.2 Å². The Morgan fingerprint density at radius 2 is 2.10 bits per heavy atom. The normalized spacial score (nSPS) is 31.1. The number of hydrogen-bond acceptors (Lipinski definition) is 3. The second-order valence-electron chi connectivity index (χ2n) is 5.96. The third-order valence-corrected chi connectivity index (χ3v) is 5.78. The van der Waals surface area contributed by atoms with Crippen LogP contribution < -0.4 is 10.6 Å². The number of nitrogens with one attached hydrogen (secondary N) is 2. The minimum absolute atomic E-state index is 0. The standard InChI is InChI=1S/C16H22N2OS.ClH/c1-10-7-8-17-11(2)15(10)18-16(19)14-9-12-5-3-4-6-13(12)20-14;/h3-6,10-11,14-15,17H,7-9H2,1-2H3,(H,18,19);1H. The van der Waals surface area contributed by atoms with E-state index >= 15 is 0 Å². The summed E-state index contributed by atoms with van der Waals surface area (Å²) in [6.45, 7) is 5.45. The van der Waals surface area contributed by atoms with Gasteiger partial charge in [-0.3, -0.25) is 4.79 Å². The highest BCUT2D eigenvalue weighted by molar-refractivity contribution is 8.01. The lowest BCUT2D eigenvalue weighted by atomic mass is 9.89. The molecule has 1 saturated heterocycles. The van der Waals surface area contributed by atoms with Gasteiger partial charge in [0.05, 0.1) is 5.25 Å². The van der Waals surface area contributed by atoms with E-state index in [1.54, 1.807) is 11.8 Å². The van der Waals surface area contributed by atoms with Gasteiger partial charge < -0.3 is 10.6 Å². The number of fused-ring (bicyclic) bond motifs is 1. The van der Waals surface area contributed by atoms with E-state index in [2.05, 4.69) is 42.7 Å².